The summed E-state index contributed by atoms with van der Waals surface area (Å²) in [6, 6.07) is 0. The first kappa shape index (κ1) is 15.1. The van der Waals surface area contributed by atoms with Crippen molar-refractivity contribution in [3.8, 4) is 0 Å². The van der Waals surface area contributed by atoms with Crippen molar-refractivity contribution in [2.45, 2.75) is 57.4 Å². The van der Waals surface area contributed by atoms with Crippen LogP contribution < -0.4 is 11.1 Å². The minimum absolute atomic E-state index is 0. The topological polar surface area (TPSA) is 55.1 Å². The van der Waals surface area contributed by atoms with Crippen molar-refractivity contribution in [2.24, 2.45) is 29.4 Å². The third-order valence-electron chi connectivity index (χ3n) is 5.66. The predicted molar refractivity (Wildman–Crippen MR) is 79.1 cm³/mol. The lowest BCUT2D eigenvalue weighted by Gasteiger charge is -2.31. The minimum atomic E-state index is -0.144. The summed E-state index contributed by atoms with van der Waals surface area (Å²) in [6.07, 6.45) is 8.63. The number of halogens is 1. The van der Waals surface area contributed by atoms with Crippen LogP contribution in [0.15, 0.2) is 0 Å². The number of fused-ring (bicyclic) bond motifs is 2. The molecular formula is C15H27ClN2O. The van der Waals surface area contributed by atoms with Crippen molar-refractivity contribution in [3.05, 3.63) is 0 Å². The molecule has 3 N–H and O–H groups in total. The largest absolute Gasteiger partial charge is 0.349 e. The van der Waals surface area contributed by atoms with Gasteiger partial charge in [-0.1, -0.05) is 6.42 Å². The predicted octanol–water partition coefficient (Wildman–Crippen LogP) is 2.48. The molecule has 2 bridgehead atoms. The van der Waals surface area contributed by atoms with Gasteiger partial charge in [0.05, 0.1) is 5.54 Å². The lowest BCUT2D eigenvalue weighted by Crippen LogP contribution is -2.53. The van der Waals surface area contributed by atoms with E-state index in [0.29, 0.717) is 18.4 Å². The summed E-state index contributed by atoms with van der Waals surface area (Å²) in [6.45, 7) is 2.68. The number of amides is 1. The van der Waals surface area contributed by atoms with Gasteiger partial charge in [-0.15, -0.1) is 12.4 Å². The Morgan fingerprint density at radius 1 is 1.26 bits per heavy atom. The molecule has 0 aromatic rings. The van der Waals surface area contributed by atoms with Gasteiger partial charge in [0.2, 0.25) is 5.91 Å². The summed E-state index contributed by atoms with van der Waals surface area (Å²) in [5, 5.41) is 3.23. The lowest BCUT2D eigenvalue weighted by molar-refractivity contribution is -0.124. The third kappa shape index (κ3) is 3.08. The molecule has 0 aromatic heterocycles. The highest BCUT2D eigenvalue weighted by atomic mass is 35.5. The van der Waals surface area contributed by atoms with Gasteiger partial charge in [0.1, 0.15) is 0 Å². The quantitative estimate of drug-likeness (QED) is 0.816. The van der Waals surface area contributed by atoms with E-state index in [2.05, 4.69) is 12.2 Å². The van der Waals surface area contributed by atoms with Crippen LogP contribution in [0.2, 0.25) is 0 Å². The second kappa shape index (κ2) is 5.61. The van der Waals surface area contributed by atoms with E-state index < -0.39 is 0 Å². The van der Waals surface area contributed by atoms with Gasteiger partial charge in [0.15, 0.2) is 0 Å². The zero-order valence-corrected chi connectivity index (χ0v) is 12.7. The SMILES string of the molecule is CC(CN)(NC(=O)CC1CC2CCC1C2)C1CC1.Cl. The summed E-state index contributed by atoms with van der Waals surface area (Å²) in [7, 11) is 0. The van der Waals surface area contributed by atoms with Gasteiger partial charge in [-0.25, -0.2) is 0 Å². The Morgan fingerprint density at radius 2 is 2.00 bits per heavy atom. The highest BCUT2D eigenvalue weighted by molar-refractivity contribution is 5.85. The van der Waals surface area contributed by atoms with Crippen molar-refractivity contribution < 1.29 is 4.79 Å². The van der Waals surface area contributed by atoms with Gasteiger partial charge in [-0.3, -0.25) is 4.79 Å². The highest BCUT2D eigenvalue weighted by Crippen LogP contribution is 2.49. The van der Waals surface area contributed by atoms with Gasteiger partial charge in [-0.05, 0) is 62.7 Å². The van der Waals surface area contributed by atoms with E-state index in [1.165, 1.54) is 38.5 Å². The second-order valence-electron chi connectivity index (χ2n) is 7.08. The van der Waals surface area contributed by atoms with Gasteiger partial charge in [0, 0.05) is 13.0 Å². The van der Waals surface area contributed by atoms with Crippen molar-refractivity contribution in [1.82, 2.24) is 5.32 Å². The summed E-state index contributed by atoms with van der Waals surface area (Å²) in [5.74, 6) is 3.28. The fraction of sp³-hybridized carbons (Fsp3) is 0.933. The Labute approximate surface area is 122 Å². The maximum Gasteiger partial charge on any atom is 0.220 e. The maximum atomic E-state index is 12.2. The molecule has 3 saturated carbocycles. The molecule has 4 heteroatoms. The molecule has 0 aliphatic heterocycles. The summed E-state index contributed by atoms with van der Waals surface area (Å²) in [4.78, 5) is 12.2. The summed E-state index contributed by atoms with van der Waals surface area (Å²) < 4.78 is 0. The summed E-state index contributed by atoms with van der Waals surface area (Å²) in [5.41, 5.74) is 5.71. The standard InChI is InChI=1S/C15H26N2O.ClH/c1-15(9-16,13-4-5-13)17-14(18)8-12-7-10-2-3-11(12)6-10;/h10-13H,2-9,16H2,1H3,(H,17,18);1H. The Balaban J connectivity index is 0.00000133. The third-order valence-corrected chi connectivity index (χ3v) is 5.66. The van der Waals surface area contributed by atoms with Crippen LogP contribution in [0.3, 0.4) is 0 Å². The Kier molecular flexibility index (Phi) is 4.46. The lowest BCUT2D eigenvalue weighted by atomic mass is 9.85. The van der Waals surface area contributed by atoms with E-state index in [0.717, 1.165) is 18.3 Å². The zero-order chi connectivity index (χ0) is 12.8. The molecule has 3 aliphatic carbocycles. The Morgan fingerprint density at radius 3 is 2.47 bits per heavy atom. The van der Waals surface area contributed by atoms with Crippen LogP contribution >= 0.6 is 12.4 Å². The van der Waals surface area contributed by atoms with Crippen LogP contribution in [0.1, 0.15) is 51.9 Å². The zero-order valence-electron chi connectivity index (χ0n) is 11.9. The molecule has 110 valence electrons. The first-order valence-electron chi connectivity index (χ1n) is 7.62. The van der Waals surface area contributed by atoms with E-state index in [1.807, 2.05) is 0 Å². The van der Waals surface area contributed by atoms with E-state index in [1.54, 1.807) is 0 Å². The number of nitrogens with two attached hydrogens (primary N) is 1. The number of hydrogen-bond donors (Lipinski definition) is 2. The van der Waals surface area contributed by atoms with E-state index in [4.69, 9.17) is 5.73 Å². The maximum absolute atomic E-state index is 12.2. The molecule has 3 aliphatic rings. The molecule has 0 heterocycles. The monoisotopic (exact) mass is 286 g/mol. The van der Waals surface area contributed by atoms with E-state index in [9.17, 15) is 4.79 Å². The number of nitrogens with one attached hydrogen (secondary N) is 1. The molecule has 3 nitrogen and oxygen atoms in total. The van der Waals surface area contributed by atoms with E-state index in [-0.39, 0.29) is 23.9 Å². The molecule has 19 heavy (non-hydrogen) atoms. The molecule has 0 radical (unpaired) electrons. The highest BCUT2D eigenvalue weighted by Gasteiger charge is 2.43. The molecule has 1 amide bonds. The Hall–Kier alpha value is -0.280. The molecule has 4 atom stereocenters. The van der Waals surface area contributed by atoms with Crippen molar-refractivity contribution in [3.63, 3.8) is 0 Å². The normalized spacial score (nSPS) is 35.6. The first-order chi connectivity index (χ1) is 8.60. The fourth-order valence-electron chi connectivity index (χ4n) is 4.27. The molecule has 3 fully saturated rings. The van der Waals surface area contributed by atoms with Crippen LogP contribution in [0.25, 0.3) is 0 Å². The molecular weight excluding hydrogens is 260 g/mol. The number of rotatable bonds is 5. The smallest absolute Gasteiger partial charge is 0.220 e. The second-order valence-corrected chi connectivity index (χ2v) is 7.08. The average Bonchev–Trinajstić information content (AvgIpc) is 3.02. The van der Waals surface area contributed by atoms with Crippen LogP contribution in [-0.2, 0) is 4.79 Å². The van der Waals surface area contributed by atoms with Crippen LogP contribution in [0.5, 0.6) is 0 Å². The van der Waals surface area contributed by atoms with Crippen molar-refractivity contribution in [2.75, 3.05) is 6.54 Å². The Bertz CT molecular complexity index is 345. The summed E-state index contributed by atoms with van der Waals surface area (Å²) >= 11 is 0. The molecule has 4 unspecified atom stereocenters. The number of hydrogen-bond acceptors (Lipinski definition) is 2. The van der Waals surface area contributed by atoms with Gasteiger partial charge in [0.25, 0.3) is 0 Å². The van der Waals surface area contributed by atoms with Gasteiger partial charge >= 0.3 is 0 Å². The van der Waals surface area contributed by atoms with Crippen molar-refractivity contribution >= 4 is 18.3 Å². The number of carbonyl (C=O) groups excluding carboxylic acids is 1. The van der Waals surface area contributed by atoms with E-state index >= 15 is 0 Å². The first-order valence-corrected chi connectivity index (χ1v) is 7.62. The molecule has 0 aromatic carbocycles. The van der Waals surface area contributed by atoms with Crippen LogP contribution in [0.4, 0.5) is 0 Å². The van der Waals surface area contributed by atoms with Crippen LogP contribution in [-0.4, -0.2) is 18.0 Å². The minimum Gasteiger partial charge on any atom is -0.349 e. The van der Waals surface area contributed by atoms with Crippen LogP contribution in [0, 0.1) is 23.7 Å². The van der Waals surface area contributed by atoms with Gasteiger partial charge < -0.3 is 11.1 Å². The number of carbonyl (C=O) groups is 1. The average molecular weight is 287 g/mol. The molecule has 0 spiro atoms. The molecule has 3 rings (SSSR count). The van der Waals surface area contributed by atoms with Gasteiger partial charge in [-0.2, -0.15) is 0 Å². The fourth-order valence-corrected chi connectivity index (χ4v) is 4.27. The molecule has 0 saturated heterocycles. The van der Waals surface area contributed by atoms with Crippen molar-refractivity contribution in [1.29, 1.82) is 0 Å².